The van der Waals surface area contributed by atoms with Crippen LogP contribution in [-0.4, -0.2) is 15.9 Å². The van der Waals surface area contributed by atoms with Crippen LogP contribution in [0.1, 0.15) is 32.6 Å². The Hall–Kier alpha value is -2.30. The van der Waals surface area contributed by atoms with Gasteiger partial charge in [-0.05, 0) is 18.6 Å². The molecule has 0 atom stereocenters. The third-order valence-electron chi connectivity index (χ3n) is 3.07. The second-order valence-corrected chi connectivity index (χ2v) is 4.75. The van der Waals surface area contributed by atoms with Crippen LogP contribution < -0.4 is 11.1 Å². The van der Waals surface area contributed by atoms with Gasteiger partial charge in [-0.15, -0.1) is 0 Å². The van der Waals surface area contributed by atoms with Crippen molar-refractivity contribution in [2.45, 2.75) is 32.6 Å². The number of carbonyl (C=O) groups is 1. The maximum absolute atomic E-state index is 11.7. The zero-order valence-corrected chi connectivity index (χ0v) is 11.6. The Balaban J connectivity index is 1.93. The Bertz CT molecular complexity index is 560. The van der Waals surface area contributed by atoms with E-state index in [4.69, 9.17) is 5.73 Å². The number of amides is 1. The first-order valence-electron chi connectivity index (χ1n) is 6.90. The summed E-state index contributed by atoms with van der Waals surface area (Å²) in [7, 11) is 0. The van der Waals surface area contributed by atoms with E-state index in [9.17, 15) is 4.79 Å². The number of unbranched alkanes of at least 4 members (excludes halogenated alkanes) is 2. The Kier molecular flexibility index (Phi) is 4.76. The van der Waals surface area contributed by atoms with Gasteiger partial charge in [0.25, 0.3) is 0 Å². The molecule has 2 aromatic rings. The summed E-state index contributed by atoms with van der Waals surface area (Å²) in [6.07, 6.45) is 5.48. The minimum Gasteiger partial charge on any atom is -0.369 e. The molecule has 1 aromatic carbocycles. The smallest absolute Gasteiger partial charge is 0.224 e. The number of benzene rings is 1. The third-order valence-corrected chi connectivity index (χ3v) is 3.07. The summed E-state index contributed by atoms with van der Waals surface area (Å²) in [5.41, 5.74) is 8.11. The van der Waals surface area contributed by atoms with Crippen LogP contribution in [0, 0.1) is 0 Å². The maximum atomic E-state index is 11.7. The quantitative estimate of drug-likeness (QED) is 0.706. The first kappa shape index (κ1) is 14.1. The van der Waals surface area contributed by atoms with Crippen molar-refractivity contribution in [3.63, 3.8) is 0 Å². The highest BCUT2D eigenvalue weighted by atomic mass is 16.1. The fourth-order valence-electron chi connectivity index (χ4n) is 1.97. The predicted octanol–water partition coefficient (Wildman–Crippen LogP) is 3.18. The van der Waals surface area contributed by atoms with Crippen LogP contribution in [-0.2, 0) is 4.79 Å². The van der Waals surface area contributed by atoms with Gasteiger partial charge in [-0.3, -0.25) is 4.79 Å². The van der Waals surface area contributed by atoms with Crippen molar-refractivity contribution >= 4 is 17.5 Å². The summed E-state index contributed by atoms with van der Waals surface area (Å²) in [5.74, 6) is 0.462. The Morgan fingerprint density at radius 2 is 2.05 bits per heavy atom. The molecule has 0 bridgehead atoms. The number of rotatable bonds is 6. The van der Waals surface area contributed by atoms with Gasteiger partial charge < -0.3 is 16.0 Å². The number of carbonyl (C=O) groups excluding carboxylic acids is 1. The number of hydrogen-bond donors (Lipinski definition) is 3. The van der Waals surface area contributed by atoms with Crippen LogP contribution in [0.15, 0.2) is 30.5 Å². The SMILES string of the molecule is CCCCCC(=O)Nc1ccc(-c2c[nH]c(N)n2)cc1. The van der Waals surface area contributed by atoms with E-state index >= 15 is 0 Å². The Labute approximate surface area is 118 Å². The summed E-state index contributed by atoms with van der Waals surface area (Å²) in [4.78, 5) is 18.7. The molecule has 5 nitrogen and oxygen atoms in total. The molecule has 0 fully saturated rings. The molecule has 106 valence electrons. The average molecular weight is 272 g/mol. The second-order valence-electron chi connectivity index (χ2n) is 4.75. The molecule has 1 amide bonds. The van der Waals surface area contributed by atoms with E-state index in [-0.39, 0.29) is 5.91 Å². The van der Waals surface area contributed by atoms with E-state index in [0.717, 1.165) is 36.2 Å². The maximum Gasteiger partial charge on any atom is 0.224 e. The highest BCUT2D eigenvalue weighted by Crippen LogP contribution is 2.20. The van der Waals surface area contributed by atoms with E-state index in [0.29, 0.717) is 12.4 Å². The van der Waals surface area contributed by atoms with Crippen molar-refractivity contribution in [3.05, 3.63) is 30.5 Å². The number of nitrogens with two attached hydrogens (primary N) is 1. The van der Waals surface area contributed by atoms with Gasteiger partial charge in [-0.1, -0.05) is 31.9 Å². The van der Waals surface area contributed by atoms with E-state index < -0.39 is 0 Å². The summed E-state index contributed by atoms with van der Waals surface area (Å²) >= 11 is 0. The molecule has 4 N–H and O–H groups in total. The van der Waals surface area contributed by atoms with Crippen LogP contribution in [0.3, 0.4) is 0 Å². The minimum atomic E-state index is 0.0650. The van der Waals surface area contributed by atoms with Crippen LogP contribution in [0.5, 0.6) is 0 Å². The number of imidazole rings is 1. The predicted molar refractivity (Wildman–Crippen MR) is 81.2 cm³/mol. The van der Waals surface area contributed by atoms with Crippen LogP contribution in [0.25, 0.3) is 11.3 Å². The molecule has 5 heteroatoms. The molecule has 0 unspecified atom stereocenters. The van der Waals surface area contributed by atoms with Crippen molar-refractivity contribution in [3.8, 4) is 11.3 Å². The van der Waals surface area contributed by atoms with Crippen molar-refractivity contribution in [2.24, 2.45) is 0 Å². The molecular weight excluding hydrogens is 252 g/mol. The van der Waals surface area contributed by atoms with Gasteiger partial charge in [0.1, 0.15) is 0 Å². The summed E-state index contributed by atoms with van der Waals surface area (Å²) in [6, 6.07) is 7.57. The fourth-order valence-corrected chi connectivity index (χ4v) is 1.97. The van der Waals surface area contributed by atoms with E-state index in [1.807, 2.05) is 24.3 Å². The fraction of sp³-hybridized carbons (Fsp3) is 0.333. The minimum absolute atomic E-state index is 0.0650. The molecular formula is C15H20N4O. The van der Waals surface area contributed by atoms with Gasteiger partial charge >= 0.3 is 0 Å². The number of aromatic amines is 1. The Morgan fingerprint density at radius 3 is 2.65 bits per heavy atom. The van der Waals surface area contributed by atoms with Crippen molar-refractivity contribution in [1.82, 2.24) is 9.97 Å². The van der Waals surface area contributed by atoms with Gasteiger partial charge in [-0.25, -0.2) is 4.98 Å². The number of nitrogen functional groups attached to an aromatic ring is 1. The summed E-state index contributed by atoms with van der Waals surface area (Å²) < 4.78 is 0. The lowest BCUT2D eigenvalue weighted by Gasteiger charge is -2.05. The molecule has 1 heterocycles. The molecule has 2 rings (SSSR count). The lowest BCUT2D eigenvalue weighted by atomic mass is 10.1. The Morgan fingerprint density at radius 1 is 1.30 bits per heavy atom. The molecule has 0 aliphatic carbocycles. The first-order valence-corrected chi connectivity index (χ1v) is 6.90. The number of H-pyrrole nitrogens is 1. The second kappa shape index (κ2) is 6.75. The zero-order chi connectivity index (χ0) is 14.4. The van der Waals surface area contributed by atoms with Gasteiger partial charge in [-0.2, -0.15) is 0 Å². The van der Waals surface area contributed by atoms with Gasteiger partial charge in [0.05, 0.1) is 5.69 Å². The topological polar surface area (TPSA) is 83.8 Å². The van der Waals surface area contributed by atoms with Crippen LogP contribution in [0.2, 0.25) is 0 Å². The lowest BCUT2D eigenvalue weighted by Crippen LogP contribution is -2.10. The molecule has 0 spiro atoms. The average Bonchev–Trinajstić information content (AvgIpc) is 2.86. The van der Waals surface area contributed by atoms with Gasteiger partial charge in [0.2, 0.25) is 5.91 Å². The van der Waals surface area contributed by atoms with E-state index in [1.54, 1.807) is 6.20 Å². The van der Waals surface area contributed by atoms with Crippen molar-refractivity contribution < 1.29 is 4.79 Å². The highest BCUT2D eigenvalue weighted by Gasteiger charge is 2.04. The summed E-state index contributed by atoms with van der Waals surface area (Å²) in [6.45, 7) is 2.12. The number of nitrogens with zero attached hydrogens (tertiary/aromatic N) is 1. The molecule has 1 aromatic heterocycles. The number of anilines is 2. The summed E-state index contributed by atoms with van der Waals surface area (Å²) in [5, 5.41) is 2.89. The van der Waals surface area contributed by atoms with E-state index in [2.05, 4.69) is 22.2 Å². The van der Waals surface area contributed by atoms with Crippen LogP contribution in [0.4, 0.5) is 11.6 Å². The molecule has 20 heavy (non-hydrogen) atoms. The standard InChI is InChI=1S/C15H20N4O/c1-2-3-4-5-14(20)18-12-8-6-11(7-9-12)13-10-17-15(16)19-13/h6-10H,2-5H2,1H3,(H,18,20)(H3,16,17,19). The van der Waals surface area contributed by atoms with Crippen molar-refractivity contribution in [2.75, 3.05) is 11.1 Å². The zero-order valence-electron chi connectivity index (χ0n) is 11.6. The number of hydrogen-bond acceptors (Lipinski definition) is 3. The monoisotopic (exact) mass is 272 g/mol. The molecule has 0 aliphatic heterocycles. The highest BCUT2D eigenvalue weighted by molar-refractivity contribution is 5.90. The molecule has 0 saturated heterocycles. The first-order chi connectivity index (χ1) is 9.69. The molecule has 0 aliphatic rings. The lowest BCUT2D eigenvalue weighted by molar-refractivity contribution is -0.116. The van der Waals surface area contributed by atoms with Gasteiger partial charge in [0, 0.05) is 23.9 Å². The van der Waals surface area contributed by atoms with Crippen LogP contribution >= 0.6 is 0 Å². The van der Waals surface area contributed by atoms with Crippen molar-refractivity contribution in [1.29, 1.82) is 0 Å². The molecule has 0 saturated carbocycles. The normalized spacial score (nSPS) is 10.4. The number of aromatic nitrogens is 2. The van der Waals surface area contributed by atoms with Gasteiger partial charge in [0.15, 0.2) is 5.95 Å². The largest absolute Gasteiger partial charge is 0.369 e. The van der Waals surface area contributed by atoms with E-state index in [1.165, 1.54) is 0 Å². The number of nitrogens with one attached hydrogen (secondary N) is 2. The third kappa shape index (κ3) is 3.85. The molecule has 0 radical (unpaired) electrons.